The molecular formula is C25H20O2. The molecule has 1 fully saturated rings. The molecule has 0 bridgehead atoms. The van der Waals surface area contributed by atoms with Gasteiger partial charge in [-0.1, -0.05) is 72.5 Å². The molecule has 3 aromatic rings. The molecule has 0 aromatic heterocycles. The van der Waals surface area contributed by atoms with E-state index < -0.39 is 5.41 Å². The molecule has 0 amide bonds. The van der Waals surface area contributed by atoms with Gasteiger partial charge in [0.2, 0.25) is 0 Å². The fourth-order valence-corrected chi connectivity index (χ4v) is 3.51. The van der Waals surface area contributed by atoms with Crippen molar-refractivity contribution in [2.45, 2.75) is 11.8 Å². The van der Waals surface area contributed by atoms with Crippen molar-refractivity contribution in [1.82, 2.24) is 0 Å². The summed E-state index contributed by atoms with van der Waals surface area (Å²) < 4.78 is 5.27. The zero-order chi connectivity index (χ0) is 18.7. The highest BCUT2D eigenvalue weighted by Gasteiger charge is 2.58. The molecule has 1 aliphatic rings. The Morgan fingerprint density at radius 2 is 1.56 bits per heavy atom. The second-order valence-corrected chi connectivity index (χ2v) is 6.80. The van der Waals surface area contributed by atoms with Gasteiger partial charge in [-0.15, -0.1) is 0 Å². The van der Waals surface area contributed by atoms with Crippen molar-refractivity contribution < 1.29 is 9.53 Å². The van der Waals surface area contributed by atoms with Crippen LogP contribution >= 0.6 is 0 Å². The van der Waals surface area contributed by atoms with Crippen molar-refractivity contribution in [2.24, 2.45) is 5.92 Å². The molecule has 4 rings (SSSR count). The van der Waals surface area contributed by atoms with Gasteiger partial charge in [-0.2, -0.15) is 0 Å². The summed E-state index contributed by atoms with van der Waals surface area (Å²) in [6.45, 7) is 0. The lowest BCUT2D eigenvalue weighted by Gasteiger charge is -2.12. The smallest absolute Gasteiger partial charge is 0.167 e. The Morgan fingerprint density at radius 1 is 0.926 bits per heavy atom. The van der Waals surface area contributed by atoms with Crippen LogP contribution in [-0.4, -0.2) is 12.9 Å². The summed E-state index contributed by atoms with van der Waals surface area (Å²) >= 11 is 0. The lowest BCUT2D eigenvalue weighted by molar-refractivity contribution is 0.0961. The summed E-state index contributed by atoms with van der Waals surface area (Å²) in [5.41, 5.74) is 2.35. The summed E-state index contributed by atoms with van der Waals surface area (Å²) in [6.07, 6.45) is 0.743. The van der Waals surface area contributed by atoms with Gasteiger partial charge < -0.3 is 4.74 Å². The Hall–Kier alpha value is -3.31. The molecule has 1 aliphatic carbocycles. The molecule has 0 radical (unpaired) electrons. The highest BCUT2D eigenvalue weighted by atomic mass is 16.5. The van der Waals surface area contributed by atoms with Crippen molar-refractivity contribution in [3.63, 3.8) is 0 Å². The maximum atomic E-state index is 13.0. The monoisotopic (exact) mass is 352 g/mol. The van der Waals surface area contributed by atoms with Crippen LogP contribution in [0.2, 0.25) is 0 Å². The van der Waals surface area contributed by atoms with E-state index in [4.69, 9.17) is 4.74 Å². The van der Waals surface area contributed by atoms with Crippen molar-refractivity contribution in [3.05, 3.63) is 102 Å². The molecule has 132 valence electrons. The molecule has 2 heteroatoms. The highest BCUT2D eigenvalue weighted by molar-refractivity contribution is 6.01. The third-order valence-corrected chi connectivity index (χ3v) is 5.14. The van der Waals surface area contributed by atoms with Crippen molar-refractivity contribution in [2.75, 3.05) is 7.11 Å². The van der Waals surface area contributed by atoms with Crippen LogP contribution in [0, 0.1) is 17.8 Å². The second kappa shape index (κ2) is 7.13. The quantitative estimate of drug-likeness (QED) is 0.494. The third kappa shape index (κ3) is 3.37. The molecule has 0 heterocycles. The van der Waals surface area contributed by atoms with Gasteiger partial charge in [0.15, 0.2) is 5.78 Å². The zero-order valence-electron chi connectivity index (χ0n) is 15.2. The molecule has 0 saturated heterocycles. The number of ether oxygens (including phenoxy) is 1. The lowest BCUT2D eigenvalue weighted by atomic mass is 9.90. The standard InChI is InChI=1S/C25H20O2/c1-27-22-14-12-21(13-15-22)25(17-16-19-8-4-2-5-9-19)18-23(25)24(26)20-10-6-3-7-11-20/h2-15,23H,18H2,1H3/t23-,25-/m1/s1. The molecule has 27 heavy (non-hydrogen) atoms. The Labute approximate surface area is 159 Å². The summed E-state index contributed by atoms with van der Waals surface area (Å²) in [5, 5.41) is 0. The topological polar surface area (TPSA) is 26.3 Å². The van der Waals surface area contributed by atoms with Gasteiger partial charge in [-0.25, -0.2) is 0 Å². The molecule has 1 saturated carbocycles. The molecule has 0 aliphatic heterocycles. The van der Waals surface area contributed by atoms with E-state index in [0.717, 1.165) is 28.9 Å². The van der Waals surface area contributed by atoms with Crippen molar-refractivity contribution in [3.8, 4) is 17.6 Å². The van der Waals surface area contributed by atoms with E-state index in [0.29, 0.717) is 0 Å². The summed E-state index contributed by atoms with van der Waals surface area (Å²) in [7, 11) is 1.65. The van der Waals surface area contributed by atoms with Gasteiger partial charge in [0.1, 0.15) is 5.75 Å². The number of carbonyl (C=O) groups excluding carboxylic acids is 1. The highest BCUT2D eigenvalue weighted by Crippen LogP contribution is 2.55. The van der Waals surface area contributed by atoms with Crippen LogP contribution in [0.1, 0.15) is 27.9 Å². The third-order valence-electron chi connectivity index (χ3n) is 5.14. The normalized spacial score (nSPS) is 20.3. The molecule has 0 unspecified atom stereocenters. The minimum Gasteiger partial charge on any atom is -0.497 e. The average Bonchev–Trinajstić information content (AvgIpc) is 3.49. The van der Waals surface area contributed by atoms with E-state index >= 15 is 0 Å². The lowest BCUT2D eigenvalue weighted by Crippen LogP contribution is -2.14. The van der Waals surface area contributed by atoms with Crippen LogP contribution < -0.4 is 4.74 Å². The Balaban J connectivity index is 1.71. The molecule has 2 nitrogen and oxygen atoms in total. The maximum absolute atomic E-state index is 13.0. The number of carbonyl (C=O) groups is 1. The van der Waals surface area contributed by atoms with Gasteiger partial charge in [0, 0.05) is 17.0 Å². The molecule has 0 N–H and O–H groups in total. The van der Waals surface area contributed by atoms with Crippen molar-refractivity contribution in [1.29, 1.82) is 0 Å². The second-order valence-electron chi connectivity index (χ2n) is 6.80. The zero-order valence-corrected chi connectivity index (χ0v) is 15.2. The van der Waals surface area contributed by atoms with E-state index in [1.165, 1.54) is 0 Å². The Bertz CT molecular complexity index is 995. The van der Waals surface area contributed by atoms with Crippen LogP contribution in [-0.2, 0) is 5.41 Å². The molecule has 0 spiro atoms. The number of hydrogen-bond donors (Lipinski definition) is 0. The average molecular weight is 352 g/mol. The van der Waals surface area contributed by atoms with Crippen LogP contribution in [0.5, 0.6) is 5.75 Å². The number of benzene rings is 3. The maximum Gasteiger partial charge on any atom is 0.167 e. The Kier molecular flexibility index (Phi) is 4.52. The van der Waals surface area contributed by atoms with Gasteiger partial charge in [0.25, 0.3) is 0 Å². The van der Waals surface area contributed by atoms with E-state index in [-0.39, 0.29) is 11.7 Å². The molecule has 3 aromatic carbocycles. The van der Waals surface area contributed by atoms with Crippen LogP contribution in [0.25, 0.3) is 0 Å². The first-order valence-corrected chi connectivity index (χ1v) is 9.05. The Morgan fingerprint density at radius 3 is 2.19 bits per heavy atom. The first kappa shape index (κ1) is 17.1. The van der Waals surface area contributed by atoms with E-state index in [2.05, 4.69) is 11.8 Å². The minimum atomic E-state index is -0.435. The minimum absolute atomic E-state index is 0.121. The van der Waals surface area contributed by atoms with Gasteiger partial charge in [-0.3, -0.25) is 4.79 Å². The first-order chi connectivity index (χ1) is 13.2. The number of ketones is 1. The summed E-state index contributed by atoms with van der Waals surface area (Å²) in [6, 6.07) is 27.3. The van der Waals surface area contributed by atoms with Gasteiger partial charge in [0.05, 0.1) is 12.5 Å². The number of Topliss-reactive ketones (excluding diaryl/α,β-unsaturated/α-hetero) is 1. The first-order valence-electron chi connectivity index (χ1n) is 9.05. The van der Waals surface area contributed by atoms with Crippen molar-refractivity contribution >= 4 is 5.78 Å². The van der Waals surface area contributed by atoms with Crippen LogP contribution in [0.15, 0.2) is 84.9 Å². The number of hydrogen-bond acceptors (Lipinski definition) is 2. The van der Waals surface area contributed by atoms with Gasteiger partial charge in [-0.05, 0) is 36.2 Å². The SMILES string of the molecule is COc1ccc([C@@]2(C#Cc3ccccc3)C[C@@H]2C(=O)c2ccccc2)cc1. The predicted octanol–water partition coefficient (Wildman–Crippen LogP) is 4.89. The fourth-order valence-electron chi connectivity index (χ4n) is 3.51. The van der Waals surface area contributed by atoms with E-state index in [1.54, 1.807) is 7.11 Å². The summed E-state index contributed by atoms with van der Waals surface area (Å²) in [4.78, 5) is 13.0. The molecular weight excluding hydrogens is 332 g/mol. The fraction of sp³-hybridized carbons (Fsp3) is 0.160. The number of rotatable bonds is 4. The van der Waals surface area contributed by atoms with Crippen LogP contribution in [0.4, 0.5) is 0 Å². The van der Waals surface area contributed by atoms with E-state index in [9.17, 15) is 4.79 Å². The largest absolute Gasteiger partial charge is 0.497 e. The predicted molar refractivity (Wildman–Crippen MR) is 107 cm³/mol. The summed E-state index contributed by atoms with van der Waals surface area (Å²) in [5.74, 6) is 7.55. The van der Waals surface area contributed by atoms with E-state index in [1.807, 2.05) is 84.9 Å². The van der Waals surface area contributed by atoms with Crippen LogP contribution in [0.3, 0.4) is 0 Å². The van der Waals surface area contributed by atoms with Gasteiger partial charge >= 0.3 is 0 Å². The number of methoxy groups -OCH3 is 1. The molecule has 2 atom stereocenters.